The largest absolute Gasteiger partial charge is 0.368 e. The second kappa shape index (κ2) is 9.15. The molecule has 0 aliphatic carbocycles. The predicted molar refractivity (Wildman–Crippen MR) is 121 cm³/mol. The zero-order chi connectivity index (χ0) is 22.0. The maximum atomic E-state index is 12.8. The summed E-state index contributed by atoms with van der Waals surface area (Å²) in [7, 11) is 0. The molecule has 1 amide bonds. The standard InChI is InChI=1S/C22H28N6O2S/c1-13-16(4)31-22(23-13)25-20-7-5-6-18(24-20)19-12-28(10-11-30-19)21(29)9-8-17-14(2)26-27-15(17)3/h5-7,19H,8-12H2,1-4H3,(H,26,27)(H,23,24,25)/t19-/m1/s1. The lowest BCUT2D eigenvalue weighted by molar-refractivity contribution is -0.139. The van der Waals surface area contributed by atoms with Gasteiger partial charge >= 0.3 is 0 Å². The summed E-state index contributed by atoms with van der Waals surface area (Å²) in [5, 5.41) is 11.3. The van der Waals surface area contributed by atoms with E-state index in [1.807, 2.05) is 43.9 Å². The Morgan fingerprint density at radius 1 is 1.26 bits per heavy atom. The molecule has 164 valence electrons. The van der Waals surface area contributed by atoms with Gasteiger partial charge in [0.05, 0.1) is 30.2 Å². The molecule has 1 atom stereocenters. The van der Waals surface area contributed by atoms with Crippen molar-refractivity contribution in [3.05, 3.63) is 51.4 Å². The zero-order valence-corrected chi connectivity index (χ0v) is 19.2. The highest BCUT2D eigenvalue weighted by Gasteiger charge is 2.26. The van der Waals surface area contributed by atoms with Crippen LogP contribution in [0.1, 0.15) is 45.7 Å². The van der Waals surface area contributed by atoms with E-state index in [4.69, 9.17) is 9.72 Å². The van der Waals surface area contributed by atoms with Gasteiger partial charge < -0.3 is 15.0 Å². The summed E-state index contributed by atoms with van der Waals surface area (Å²) < 4.78 is 5.95. The van der Waals surface area contributed by atoms with E-state index in [9.17, 15) is 4.79 Å². The number of aromatic nitrogens is 4. The first-order valence-electron chi connectivity index (χ1n) is 10.5. The molecule has 31 heavy (non-hydrogen) atoms. The number of carbonyl (C=O) groups excluding carboxylic acids is 1. The summed E-state index contributed by atoms with van der Waals surface area (Å²) >= 11 is 1.61. The monoisotopic (exact) mass is 440 g/mol. The number of thiazole rings is 1. The Kier molecular flexibility index (Phi) is 6.33. The molecule has 1 aliphatic heterocycles. The predicted octanol–water partition coefficient (Wildman–Crippen LogP) is 3.77. The number of H-pyrrole nitrogens is 1. The Labute approximate surface area is 186 Å². The van der Waals surface area contributed by atoms with Crippen molar-refractivity contribution >= 4 is 28.2 Å². The molecule has 0 bridgehead atoms. The van der Waals surface area contributed by atoms with E-state index < -0.39 is 0 Å². The average Bonchev–Trinajstić information content (AvgIpc) is 3.26. The molecule has 1 fully saturated rings. The first-order valence-corrected chi connectivity index (χ1v) is 11.3. The highest BCUT2D eigenvalue weighted by Crippen LogP contribution is 2.26. The Hall–Kier alpha value is -2.78. The van der Waals surface area contributed by atoms with Crippen molar-refractivity contribution in [2.24, 2.45) is 0 Å². The van der Waals surface area contributed by atoms with Crippen LogP contribution >= 0.6 is 11.3 Å². The highest BCUT2D eigenvalue weighted by molar-refractivity contribution is 7.15. The van der Waals surface area contributed by atoms with Gasteiger partial charge in [0.2, 0.25) is 5.91 Å². The second-order valence-electron chi connectivity index (χ2n) is 7.85. The lowest BCUT2D eigenvalue weighted by atomic mass is 10.1. The third-order valence-electron chi connectivity index (χ3n) is 5.65. The van der Waals surface area contributed by atoms with Crippen molar-refractivity contribution in [3.8, 4) is 0 Å². The van der Waals surface area contributed by atoms with Gasteiger partial charge in [0.25, 0.3) is 0 Å². The van der Waals surface area contributed by atoms with Crippen LogP contribution in [0.15, 0.2) is 18.2 Å². The summed E-state index contributed by atoms with van der Waals surface area (Å²) in [4.78, 5) is 25.1. The number of nitrogens with one attached hydrogen (secondary N) is 2. The first-order chi connectivity index (χ1) is 14.9. The third kappa shape index (κ3) is 4.94. The maximum Gasteiger partial charge on any atom is 0.223 e. The summed E-state index contributed by atoms with van der Waals surface area (Å²) in [6.45, 7) is 9.63. The minimum Gasteiger partial charge on any atom is -0.368 e. The van der Waals surface area contributed by atoms with Gasteiger partial charge in [0.15, 0.2) is 5.13 Å². The summed E-state index contributed by atoms with van der Waals surface area (Å²) in [6.07, 6.45) is 0.919. The van der Waals surface area contributed by atoms with Gasteiger partial charge in [-0.3, -0.25) is 9.89 Å². The van der Waals surface area contributed by atoms with Crippen LogP contribution in [-0.4, -0.2) is 50.7 Å². The van der Waals surface area contributed by atoms with E-state index in [-0.39, 0.29) is 12.0 Å². The molecule has 1 saturated heterocycles. The van der Waals surface area contributed by atoms with Gasteiger partial charge in [-0.1, -0.05) is 6.07 Å². The summed E-state index contributed by atoms with van der Waals surface area (Å²) in [5.41, 5.74) is 4.96. The van der Waals surface area contributed by atoms with Gasteiger partial charge in [0.1, 0.15) is 11.9 Å². The average molecular weight is 441 g/mol. The number of carbonyl (C=O) groups is 1. The van der Waals surface area contributed by atoms with Crippen LogP contribution in [0.25, 0.3) is 0 Å². The van der Waals surface area contributed by atoms with E-state index in [0.29, 0.717) is 32.5 Å². The fourth-order valence-corrected chi connectivity index (χ4v) is 4.54. The van der Waals surface area contributed by atoms with Gasteiger partial charge in [-0.05, 0) is 51.8 Å². The molecule has 2 N–H and O–H groups in total. The van der Waals surface area contributed by atoms with Crippen molar-refractivity contribution in [2.45, 2.75) is 46.6 Å². The van der Waals surface area contributed by atoms with Crippen LogP contribution in [-0.2, 0) is 16.0 Å². The molecule has 3 aromatic rings. The number of nitrogens with zero attached hydrogens (tertiary/aromatic N) is 4. The van der Waals surface area contributed by atoms with E-state index >= 15 is 0 Å². The van der Waals surface area contributed by atoms with Crippen LogP contribution < -0.4 is 5.32 Å². The molecule has 0 saturated carbocycles. The number of hydrogen-bond acceptors (Lipinski definition) is 7. The number of pyridine rings is 1. The van der Waals surface area contributed by atoms with E-state index in [0.717, 1.165) is 39.3 Å². The van der Waals surface area contributed by atoms with Gasteiger partial charge in [-0.2, -0.15) is 5.10 Å². The van der Waals surface area contributed by atoms with Gasteiger partial charge in [-0.15, -0.1) is 11.3 Å². The molecule has 0 radical (unpaired) electrons. The van der Waals surface area contributed by atoms with Crippen LogP contribution in [0.5, 0.6) is 0 Å². The molecule has 9 heteroatoms. The maximum absolute atomic E-state index is 12.8. The van der Waals surface area contributed by atoms with Crippen LogP contribution in [0.2, 0.25) is 0 Å². The molecule has 4 rings (SSSR count). The number of hydrogen-bond donors (Lipinski definition) is 2. The van der Waals surface area contributed by atoms with Crippen molar-refractivity contribution in [1.29, 1.82) is 0 Å². The molecular formula is C22H28N6O2S. The lowest BCUT2D eigenvalue weighted by Gasteiger charge is -2.33. The smallest absolute Gasteiger partial charge is 0.223 e. The van der Waals surface area contributed by atoms with Gasteiger partial charge in [0, 0.05) is 23.5 Å². The molecular weight excluding hydrogens is 412 g/mol. The number of morpholine rings is 1. The summed E-state index contributed by atoms with van der Waals surface area (Å²) in [5.74, 6) is 0.862. The number of aryl methyl sites for hydroxylation is 4. The van der Waals surface area contributed by atoms with Crippen molar-refractivity contribution in [1.82, 2.24) is 25.1 Å². The highest BCUT2D eigenvalue weighted by atomic mass is 32.1. The summed E-state index contributed by atoms with van der Waals surface area (Å²) in [6, 6.07) is 5.81. The first kappa shape index (κ1) is 21.5. The SMILES string of the molecule is Cc1nc(Nc2cccc([C@H]3CN(C(=O)CCc4c(C)n[nH]c4C)CCO3)n2)sc1C. The zero-order valence-electron chi connectivity index (χ0n) is 18.4. The van der Waals surface area contributed by atoms with Crippen molar-refractivity contribution in [2.75, 3.05) is 25.0 Å². The number of anilines is 2. The second-order valence-corrected chi connectivity index (χ2v) is 9.05. The molecule has 4 heterocycles. The molecule has 1 aliphatic rings. The Morgan fingerprint density at radius 3 is 2.81 bits per heavy atom. The fourth-order valence-electron chi connectivity index (χ4n) is 3.72. The minimum absolute atomic E-state index is 0.135. The Morgan fingerprint density at radius 2 is 2.10 bits per heavy atom. The minimum atomic E-state index is -0.239. The Bertz CT molecular complexity index is 1040. The number of rotatable bonds is 6. The quantitative estimate of drug-likeness (QED) is 0.606. The Balaban J connectivity index is 1.39. The van der Waals surface area contributed by atoms with Gasteiger partial charge in [-0.25, -0.2) is 9.97 Å². The normalized spacial score (nSPS) is 16.5. The molecule has 8 nitrogen and oxygen atoms in total. The molecule has 0 aromatic carbocycles. The topological polar surface area (TPSA) is 96.0 Å². The van der Waals surface area contributed by atoms with Crippen LogP contribution in [0.3, 0.4) is 0 Å². The lowest BCUT2D eigenvalue weighted by Crippen LogP contribution is -2.42. The van der Waals surface area contributed by atoms with Crippen LogP contribution in [0.4, 0.5) is 10.9 Å². The molecule has 3 aromatic heterocycles. The fraction of sp³-hybridized carbons (Fsp3) is 0.455. The van der Waals surface area contributed by atoms with Crippen molar-refractivity contribution in [3.63, 3.8) is 0 Å². The number of amides is 1. The third-order valence-corrected chi connectivity index (χ3v) is 6.64. The van der Waals surface area contributed by atoms with E-state index in [1.165, 1.54) is 4.88 Å². The number of aromatic amines is 1. The number of ether oxygens (including phenoxy) is 1. The molecule has 0 spiro atoms. The van der Waals surface area contributed by atoms with E-state index in [2.05, 4.69) is 27.4 Å². The van der Waals surface area contributed by atoms with Crippen LogP contribution in [0, 0.1) is 27.7 Å². The van der Waals surface area contributed by atoms with E-state index in [1.54, 1.807) is 11.3 Å². The van der Waals surface area contributed by atoms with Crippen molar-refractivity contribution < 1.29 is 9.53 Å². The molecule has 0 unspecified atom stereocenters.